The summed E-state index contributed by atoms with van der Waals surface area (Å²) in [6.45, 7) is 0.270. The summed E-state index contributed by atoms with van der Waals surface area (Å²) >= 11 is 3.57. The molecule has 5 nitrogen and oxygen atoms in total. The minimum atomic E-state index is -0.279. The summed E-state index contributed by atoms with van der Waals surface area (Å²) in [4.78, 5) is 0. The van der Waals surface area contributed by atoms with Crippen molar-refractivity contribution in [2.45, 2.75) is 18.7 Å². The molecule has 3 aromatic carbocycles. The van der Waals surface area contributed by atoms with Gasteiger partial charge in [-0.1, -0.05) is 46.3 Å². The van der Waals surface area contributed by atoms with Crippen LogP contribution in [0, 0.1) is 0 Å². The van der Waals surface area contributed by atoms with E-state index < -0.39 is 0 Å². The fraction of sp³-hybridized carbons (Fsp3) is 0.174. The second-order valence-corrected chi connectivity index (χ2v) is 8.19. The van der Waals surface area contributed by atoms with Crippen LogP contribution in [0.25, 0.3) is 0 Å². The summed E-state index contributed by atoms with van der Waals surface area (Å²) in [7, 11) is 0. The number of fused-ring (bicyclic) bond motifs is 4. The molecule has 3 aliphatic heterocycles. The maximum Gasteiger partial charge on any atom is 0.231 e. The van der Waals surface area contributed by atoms with E-state index >= 15 is 0 Å². The van der Waals surface area contributed by atoms with Crippen LogP contribution in [0.1, 0.15) is 35.4 Å². The molecule has 3 aliphatic rings. The Balaban J connectivity index is 1.44. The number of halogens is 1. The Labute approximate surface area is 176 Å². The van der Waals surface area contributed by atoms with E-state index in [1.165, 1.54) is 5.56 Å². The Morgan fingerprint density at radius 2 is 1.79 bits per heavy atom. The summed E-state index contributed by atoms with van der Waals surface area (Å²) in [5.74, 6) is 2.47. The summed E-state index contributed by atoms with van der Waals surface area (Å²) < 4.78 is 18.4. The first-order chi connectivity index (χ1) is 14.3. The zero-order chi connectivity index (χ0) is 19.4. The van der Waals surface area contributed by atoms with Crippen LogP contribution in [0.5, 0.6) is 17.2 Å². The van der Waals surface area contributed by atoms with Gasteiger partial charge in [0.2, 0.25) is 13.0 Å². The highest BCUT2D eigenvalue weighted by atomic mass is 79.9. The highest BCUT2D eigenvalue weighted by Gasteiger charge is 2.41. The van der Waals surface area contributed by atoms with Gasteiger partial charge in [-0.05, 0) is 36.4 Å². The van der Waals surface area contributed by atoms with Crippen LogP contribution in [-0.4, -0.2) is 17.5 Å². The van der Waals surface area contributed by atoms with Crippen molar-refractivity contribution in [3.8, 4) is 17.2 Å². The molecule has 0 spiro atoms. The van der Waals surface area contributed by atoms with Crippen molar-refractivity contribution < 1.29 is 14.2 Å². The Morgan fingerprint density at radius 3 is 2.72 bits per heavy atom. The monoisotopic (exact) mass is 448 g/mol. The molecule has 29 heavy (non-hydrogen) atoms. The molecule has 0 radical (unpaired) electrons. The maximum atomic E-state index is 6.40. The molecular formula is C23H17BrN2O3. The highest BCUT2D eigenvalue weighted by molar-refractivity contribution is 9.10. The molecule has 0 aromatic heterocycles. The third-order valence-electron chi connectivity index (χ3n) is 5.54. The van der Waals surface area contributed by atoms with E-state index in [0.29, 0.717) is 0 Å². The number of benzene rings is 3. The zero-order valence-corrected chi connectivity index (χ0v) is 17.0. The molecule has 3 aromatic rings. The third-order valence-corrected chi connectivity index (χ3v) is 6.03. The molecule has 0 saturated carbocycles. The number of nitrogens with zero attached hydrogens (tertiary/aromatic N) is 2. The van der Waals surface area contributed by atoms with E-state index in [1.54, 1.807) is 0 Å². The van der Waals surface area contributed by atoms with Gasteiger partial charge in [-0.15, -0.1) is 0 Å². The van der Waals surface area contributed by atoms with Crippen molar-refractivity contribution in [3.05, 3.63) is 87.9 Å². The number of hydrogen-bond acceptors (Lipinski definition) is 5. The van der Waals surface area contributed by atoms with E-state index in [4.69, 9.17) is 19.3 Å². The SMILES string of the molecule is Brc1cccc([C@H]2Oc3ccccc3[C@H]3CC(c4ccc5c(c4)OCO5)=NN32)c1. The number of ether oxygens (including phenoxy) is 3. The van der Waals surface area contributed by atoms with Gasteiger partial charge >= 0.3 is 0 Å². The maximum absolute atomic E-state index is 6.40. The minimum Gasteiger partial charge on any atom is -0.464 e. The quantitative estimate of drug-likeness (QED) is 0.524. The molecule has 0 N–H and O–H groups in total. The normalized spacial score (nSPS) is 21.3. The van der Waals surface area contributed by atoms with E-state index in [-0.39, 0.29) is 19.1 Å². The van der Waals surface area contributed by atoms with Crippen molar-refractivity contribution >= 4 is 21.6 Å². The number of hydrogen-bond donors (Lipinski definition) is 0. The van der Waals surface area contributed by atoms with Gasteiger partial charge in [0.25, 0.3) is 0 Å². The molecule has 6 heteroatoms. The summed E-state index contributed by atoms with van der Waals surface area (Å²) in [5.41, 5.74) is 4.30. The molecular weight excluding hydrogens is 432 g/mol. The predicted molar refractivity (Wildman–Crippen MR) is 112 cm³/mol. The molecule has 0 unspecified atom stereocenters. The summed E-state index contributed by atoms with van der Waals surface area (Å²) in [5, 5.41) is 7.09. The second-order valence-electron chi connectivity index (χ2n) is 7.28. The van der Waals surface area contributed by atoms with Gasteiger partial charge in [-0.3, -0.25) is 0 Å². The lowest BCUT2D eigenvalue weighted by atomic mass is 9.96. The molecule has 144 valence electrons. The van der Waals surface area contributed by atoms with E-state index in [2.05, 4.69) is 45.2 Å². The topological polar surface area (TPSA) is 43.3 Å². The lowest BCUT2D eigenvalue weighted by molar-refractivity contribution is -0.0190. The highest BCUT2D eigenvalue weighted by Crippen LogP contribution is 2.48. The lowest BCUT2D eigenvalue weighted by Crippen LogP contribution is -2.33. The molecule has 2 atom stereocenters. The molecule has 0 amide bonds. The first-order valence-electron chi connectivity index (χ1n) is 9.53. The van der Waals surface area contributed by atoms with Crippen molar-refractivity contribution in [2.75, 3.05) is 6.79 Å². The van der Waals surface area contributed by atoms with Gasteiger partial charge in [0, 0.05) is 27.6 Å². The Bertz CT molecular complexity index is 1150. The standard InChI is InChI=1S/C23H17BrN2O3/c24-16-5-3-4-15(10-16)23-26-19(17-6-1-2-7-20(17)29-23)12-18(25-26)14-8-9-21-22(11-14)28-13-27-21/h1-11,19,23H,12-13H2/t19-,23-/m1/s1. The van der Waals surface area contributed by atoms with Crippen LogP contribution in [0.3, 0.4) is 0 Å². The first-order valence-corrected chi connectivity index (χ1v) is 10.3. The van der Waals surface area contributed by atoms with Crippen molar-refractivity contribution in [3.63, 3.8) is 0 Å². The van der Waals surface area contributed by atoms with Crippen molar-refractivity contribution in [1.82, 2.24) is 5.01 Å². The van der Waals surface area contributed by atoms with Gasteiger partial charge in [0.05, 0.1) is 11.8 Å². The number of hydrazone groups is 1. The second kappa shape index (κ2) is 6.52. The molecule has 6 rings (SSSR count). The van der Waals surface area contributed by atoms with Crippen LogP contribution in [-0.2, 0) is 0 Å². The average molecular weight is 449 g/mol. The van der Waals surface area contributed by atoms with Crippen LogP contribution in [0.15, 0.2) is 76.3 Å². The third kappa shape index (κ3) is 2.78. The zero-order valence-electron chi connectivity index (χ0n) is 15.4. The van der Waals surface area contributed by atoms with E-state index in [1.807, 2.05) is 42.5 Å². The van der Waals surface area contributed by atoms with Crippen LogP contribution in [0.2, 0.25) is 0 Å². The van der Waals surface area contributed by atoms with Gasteiger partial charge in [0.1, 0.15) is 5.75 Å². The number of rotatable bonds is 2. The van der Waals surface area contributed by atoms with Gasteiger partial charge in [0.15, 0.2) is 11.5 Å². The van der Waals surface area contributed by atoms with Gasteiger partial charge in [-0.2, -0.15) is 5.10 Å². The van der Waals surface area contributed by atoms with Crippen LogP contribution < -0.4 is 14.2 Å². The van der Waals surface area contributed by atoms with E-state index in [0.717, 1.165) is 45.0 Å². The lowest BCUT2D eigenvalue weighted by Gasteiger charge is -2.38. The van der Waals surface area contributed by atoms with Crippen LogP contribution in [0.4, 0.5) is 0 Å². The molecule has 0 bridgehead atoms. The van der Waals surface area contributed by atoms with Gasteiger partial charge < -0.3 is 14.2 Å². The predicted octanol–water partition coefficient (Wildman–Crippen LogP) is 5.42. The van der Waals surface area contributed by atoms with Gasteiger partial charge in [-0.25, -0.2) is 5.01 Å². The Hall–Kier alpha value is -2.99. The average Bonchev–Trinajstić information content (AvgIpc) is 3.40. The van der Waals surface area contributed by atoms with E-state index in [9.17, 15) is 0 Å². The Morgan fingerprint density at radius 1 is 0.897 bits per heavy atom. The van der Waals surface area contributed by atoms with Crippen LogP contribution >= 0.6 is 15.9 Å². The molecule has 0 fully saturated rings. The smallest absolute Gasteiger partial charge is 0.231 e. The minimum absolute atomic E-state index is 0.129. The fourth-order valence-corrected chi connectivity index (χ4v) is 4.58. The first kappa shape index (κ1) is 16.9. The molecule has 0 aliphatic carbocycles. The summed E-state index contributed by atoms with van der Waals surface area (Å²) in [6.07, 6.45) is 0.531. The largest absolute Gasteiger partial charge is 0.464 e. The molecule has 3 heterocycles. The Kier molecular flexibility index (Phi) is 3.81. The fourth-order valence-electron chi connectivity index (χ4n) is 4.16. The van der Waals surface area contributed by atoms with Crippen molar-refractivity contribution in [2.24, 2.45) is 5.10 Å². The summed E-state index contributed by atoms with van der Waals surface area (Å²) in [6, 6.07) is 22.6. The number of para-hydroxylation sites is 1. The van der Waals surface area contributed by atoms with Crippen molar-refractivity contribution in [1.29, 1.82) is 0 Å². The molecule has 0 saturated heterocycles.